The molecule has 8 nitrogen and oxygen atoms in total. The van der Waals surface area contributed by atoms with Crippen LogP contribution < -0.4 is 5.43 Å². The first-order valence-corrected chi connectivity index (χ1v) is 9.85. The quantitative estimate of drug-likeness (QED) is 0.741. The summed E-state index contributed by atoms with van der Waals surface area (Å²) >= 11 is 0. The van der Waals surface area contributed by atoms with E-state index in [0.29, 0.717) is 19.5 Å². The Labute approximate surface area is 172 Å². The van der Waals surface area contributed by atoms with Gasteiger partial charge in [0.2, 0.25) is 11.3 Å². The van der Waals surface area contributed by atoms with Crippen LogP contribution in [0.15, 0.2) is 29.2 Å². The fourth-order valence-corrected chi connectivity index (χ4v) is 4.34. The van der Waals surface area contributed by atoms with Crippen molar-refractivity contribution in [2.24, 2.45) is 5.41 Å². The minimum atomic E-state index is -0.531. The topological polar surface area (TPSA) is 111 Å². The van der Waals surface area contributed by atoms with Crippen molar-refractivity contribution in [3.63, 3.8) is 0 Å². The zero-order valence-electron chi connectivity index (χ0n) is 16.7. The number of carboxylic acid groups (broad SMARTS) is 1. The Morgan fingerprint density at radius 2 is 2.00 bits per heavy atom. The number of hydrogen-bond donors (Lipinski definition) is 2. The fourth-order valence-electron chi connectivity index (χ4n) is 4.34. The number of para-hydroxylation sites is 1. The molecule has 30 heavy (non-hydrogen) atoms. The van der Waals surface area contributed by atoms with Gasteiger partial charge in [-0.2, -0.15) is 0 Å². The number of carbonyl (C=O) groups is 3. The van der Waals surface area contributed by atoms with Crippen LogP contribution in [0.4, 0.5) is 4.39 Å². The lowest BCUT2D eigenvalue weighted by atomic mass is 9.85. The Morgan fingerprint density at radius 3 is 2.70 bits per heavy atom. The van der Waals surface area contributed by atoms with Crippen LogP contribution in [0.25, 0.3) is 10.9 Å². The molecule has 160 valence electrons. The number of likely N-dealkylation sites (tertiary alicyclic amines) is 2. The van der Waals surface area contributed by atoms with Crippen LogP contribution in [0, 0.1) is 11.2 Å². The summed E-state index contributed by atoms with van der Waals surface area (Å²) in [6, 6.07) is 4.21. The van der Waals surface area contributed by atoms with Crippen LogP contribution >= 0.6 is 0 Å². The molecule has 1 spiro atoms. The van der Waals surface area contributed by atoms with Crippen LogP contribution in [-0.2, 0) is 9.59 Å². The lowest BCUT2D eigenvalue weighted by molar-refractivity contribution is -0.135. The third kappa shape index (κ3) is 3.67. The highest BCUT2D eigenvalue weighted by Gasteiger charge is 2.51. The number of rotatable bonds is 3. The van der Waals surface area contributed by atoms with Gasteiger partial charge >= 0.3 is 0 Å². The Morgan fingerprint density at radius 1 is 1.30 bits per heavy atom. The van der Waals surface area contributed by atoms with Crippen molar-refractivity contribution in [1.29, 1.82) is 0 Å². The number of pyridine rings is 1. The summed E-state index contributed by atoms with van der Waals surface area (Å²) in [5.74, 6) is -0.813. The van der Waals surface area contributed by atoms with Gasteiger partial charge in [0.05, 0.1) is 10.9 Å². The first kappa shape index (κ1) is 21.5. The molecule has 2 aliphatic rings. The van der Waals surface area contributed by atoms with Crippen LogP contribution in [0.2, 0.25) is 0 Å². The molecule has 1 aromatic carbocycles. The minimum Gasteiger partial charge on any atom is -0.483 e. The molecule has 2 fully saturated rings. The van der Waals surface area contributed by atoms with Gasteiger partial charge in [-0.05, 0) is 31.4 Å². The molecule has 2 aromatic rings. The summed E-state index contributed by atoms with van der Waals surface area (Å²) in [5, 5.41) is 7.04. The molecule has 2 amide bonds. The highest BCUT2D eigenvalue weighted by molar-refractivity contribution is 5.98. The van der Waals surface area contributed by atoms with E-state index in [1.54, 1.807) is 4.90 Å². The summed E-state index contributed by atoms with van der Waals surface area (Å²) in [5.41, 5.74) is -0.917. The molecule has 0 aliphatic carbocycles. The second-order valence-electron chi connectivity index (χ2n) is 7.60. The lowest BCUT2D eigenvalue weighted by Crippen LogP contribution is -2.39. The third-order valence-electron chi connectivity index (χ3n) is 5.83. The number of benzene rings is 1. The highest BCUT2D eigenvalue weighted by Crippen LogP contribution is 2.41. The van der Waals surface area contributed by atoms with Crippen molar-refractivity contribution in [3.8, 4) is 0 Å². The maximum Gasteiger partial charge on any atom is 0.290 e. The molecule has 2 N–H and O–H groups in total. The summed E-state index contributed by atoms with van der Waals surface area (Å²) in [6.45, 7) is 4.04. The van der Waals surface area contributed by atoms with Crippen molar-refractivity contribution in [1.82, 2.24) is 14.8 Å². The average Bonchev–Trinajstić information content (AvgIpc) is 3.29. The van der Waals surface area contributed by atoms with Crippen molar-refractivity contribution < 1.29 is 23.9 Å². The molecular formula is C21H24FN3O5. The number of halogens is 1. The van der Waals surface area contributed by atoms with Crippen LogP contribution in [0.1, 0.15) is 36.5 Å². The second-order valence-corrected chi connectivity index (χ2v) is 7.60. The van der Waals surface area contributed by atoms with E-state index >= 15 is 0 Å². The smallest absolute Gasteiger partial charge is 0.290 e. The molecule has 2 saturated heterocycles. The third-order valence-corrected chi connectivity index (χ3v) is 5.83. The number of fused-ring (bicyclic) bond motifs is 1. The van der Waals surface area contributed by atoms with E-state index in [1.165, 1.54) is 24.4 Å². The fraction of sp³-hybridized carbons (Fsp3) is 0.429. The molecule has 1 aromatic heterocycles. The van der Waals surface area contributed by atoms with Gasteiger partial charge in [0, 0.05) is 37.8 Å². The molecule has 9 heteroatoms. The van der Waals surface area contributed by atoms with Crippen molar-refractivity contribution in [3.05, 3.63) is 46.0 Å². The van der Waals surface area contributed by atoms with E-state index in [4.69, 9.17) is 9.90 Å². The Kier molecular flexibility index (Phi) is 6.19. The van der Waals surface area contributed by atoms with Gasteiger partial charge in [-0.3, -0.25) is 19.2 Å². The zero-order chi connectivity index (χ0) is 21.9. The lowest BCUT2D eigenvalue weighted by Gasteiger charge is -2.23. The Hall–Kier alpha value is -3.23. The number of nitrogens with zero attached hydrogens (tertiary/aromatic N) is 2. The van der Waals surface area contributed by atoms with Gasteiger partial charge in [0.1, 0.15) is 11.4 Å². The number of amides is 2. The van der Waals surface area contributed by atoms with Crippen molar-refractivity contribution >= 4 is 29.2 Å². The van der Waals surface area contributed by atoms with Gasteiger partial charge in [-0.1, -0.05) is 13.0 Å². The van der Waals surface area contributed by atoms with E-state index < -0.39 is 22.6 Å². The summed E-state index contributed by atoms with van der Waals surface area (Å²) in [4.78, 5) is 53.0. The number of aromatic amines is 1. The van der Waals surface area contributed by atoms with Crippen LogP contribution in [-0.4, -0.2) is 64.4 Å². The van der Waals surface area contributed by atoms with Crippen LogP contribution in [0.3, 0.4) is 0 Å². The predicted molar refractivity (Wildman–Crippen MR) is 108 cm³/mol. The van der Waals surface area contributed by atoms with Gasteiger partial charge in [-0.15, -0.1) is 0 Å². The number of nitrogens with one attached hydrogen (secondary N) is 1. The number of hydrogen-bond acceptors (Lipinski definition) is 4. The summed E-state index contributed by atoms with van der Waals surface area (Å²) < 4.78 is 13.8. The molecule has 0 radical (unpaired) electrons. The second kappa shape index (κ2) is 8.64. The minimum absolute atomic E-state index is 0.0130. The number of aromatic nitrogens is 1. The molecular weight excluding hydrogens is 393 g/mol. The van der Waals surface area contributed by atoms with Gasteiger partial charge < -0.3 is 19.9 Å². The van der Waals surface area contributed by atoms with E-state index in [9.17, 15) is 18.8 Å². The summed E-state index contributed by atoms with van der Waals surface area (Å²) in [6.07, 6.45) is 3.56. The standard InChI is InChI=1S/C20H22FN3O3.CH2O2/c1-2-8-23-9-6-20(19(23)27)7-10-24(12-20)18(26)14-11-22-16-13(17(14)25)4-3-5-15(16)21;2-1-3/h3-5,11H,2,6-10,12H2,1H3,(H,22,25);1H,(H,2,3). The van der Waals surface area contributed by atoms with Gasteiger partial charge in [-0.25, -0.2) is 4.39 Å². The number of H-pyrrole nitrogens is 1. The largest absolute Gasteiger partial charge is 0.483 e. The van der Waals surface area contributed by atoms with Gasteiger partial charge in [0.15, 0.2) is 0 Å². The van der Waals surface area contributed by atoms with Crippen LogP contribution in [0.5, 0.6) is 0 Å². The first-order valence-electron chi connectivity index (χ1n) is 9.85. The monoisotopic (exact) mass is 417 g/mol. The van der Waals surface area contributed by atoms with E-state index in [2.05, 4.69) is 4.98 Å². The normalized spacial score (nSPS) is 20.5. The zero-order valence-corrected chi connectivity index (χ0v) is 16.7. The SMILES string of the molecule is CCCN1CCC2(CCN(C(=O)c3c[nH]c4c(F)cccc4c3=O)C2)C1=O.O=CO. The molecule has 4 rings (SSSR count). The first-order chi connectivity index (χ1) is 14.4. The molecule has 0 saturated carbocycles. The average molecular weight is 417 g/mol. The Balaban J connectivity index is 0.000000806. The summed E-state index contributed by atoms with van der Waals surface area (Å²) in [7, 11) is 0. The maximum atomic E-state index is 13.8. The maximum absolute atomic E-state index is 13.8. The van der Waals surface area contributed by atoms with Crippen molar-refractivity contribution in [2.75, 3.05) is 26.2 Å². The highest BCUT2D eigenvalue weighted by atomic mass is 19.1. The van der Waals surface area contributed by atoms with Gasteiger partial charge in [0.25, 0.3) is 12.4 Å². The Bertz CT molecular complexity index is 1040. The molecule has 1 atom stereocenters. The molecule has 0 bridgehead atoms. The van der Waals surface area contributed by atoms with E-state index in [-0.39, 0.29) is 28.8 Å². The molecule has 3 heterocycles. The van der Waals surface area contributed by atoms with Crippen molar-refractivity contribution in [2.45, 2.75) is 26.2 Å². The molecule has 2 aliphatic heterocycles. The van der Waals surface area contributed by atoms with E-state index in [1.807, 2.05) is 11.8 Å². The predicted octanol–water partition coefficient (Wildman–Crippen LogP) is 1.84. The van der Waals surface area contributed by atoms with E-state index in [0.717, 1.165) is 25.9 Å². The number of carbonyl (C=O) groups excluding carboxylic acids is 2. The molecule has 1 unspecified atom stereocenters.